The Bertz CT molecular complexity index is 1070. The lowest BCUT2D eigenvalue weighted by Crippen LogP contribution is -2.48. The van der Waals surface area contributed by atoms with Gasteiger partial charge in [0.15, 0.2) is 11.6 Å². The largest absolute Gasteiger partial charge is 0.325 e. The van der Waals surface area contributed by atoms with Crippen molar-refractivity contribution in [3.63, 3.8) is 0 Å². The first-order valence-corrected chi connectivity index (χ1v) is 11.2. The van der Waals surface area contributed by atoms with Gasteiger partial charge < -0.3 is 5.32 Å². The molecule has 0 spiro atoms. The molecule has 4 nitrogen and oxygen atoms in total. The quantitative estimate of drug-likeness (QED) is 0.445. The van der Waals surface area contributed by atoms with Gasteiger partial charge in [0.1, 0.15) is 0 Å². The Morgan fingerprint density at radius 3 is 2.33 bits per heavy atom. The van der Waals surface area contributed by atoms with E-state index in [4.69, 9.17) is 11.6 Å². The average molecular weight is 489 g/mol. The Balaban J connectivity index is 1.73. The minimum absolute atomic E-state index is 0.0746. The highest BCUT2D eigenvalue weighted by Gasteiger charge is 2.76. The SMILES string of the molecule is CC1(C)[C@@]2(C)CC[C@@]1(C(=O)Nc1ccc(Cl)cc1C(=O)c1ccccc1)[C@H](Br)C2=O. The number of anilines is 1. The average Bonchev–Trinajstić information content (AvgIpc) is 3.00. The molecule has 6 heteroatoms. The second-order valence-corrected chi connectivity index (χ2v) is 10.3. The zero-order chi connectivity index (χ0) is 21.9. The summed E-state index contributed by atoms with van der Waals surface area (Å²) in [5.41, 5.74) is -0.724. The molecule has 0 radical (unpaired) electrons. The maximum atomic E-state index is 13.7. The number of nitrogens with one attached hydrogen (secondary N) is 1. The van der Waals surface area contributed by atoms with E-state index in [2.05, 4.69) is 21.2 Å². The summed E-state index contributed by atoms with van der Waals surface area (Å²) in [4.78, 5) is 39.2. The summed E-state index contributed by atoms with van der Waals surface area (Å²) < 4.78 is 0. The molecule has 1 amide bonds. The van der Waals surface area contributed by atoms with Crippen molar-refractivity contribution in [2.75, 3.05) is 5.32 Å². The molecule has 2 saturated carbocycles. The number of amides is 1. The predicted molar refractivity (Wildman–Crippen MR) is 121 cm³/mol. The lowest BCUT2D eigenvalue weighted by molar-refractivity contribution is -0.130. The highest BCUT2D eigenvalue weighted by Crippen LogP contribution is 2.72. The second kappa shape index (κ2) is 7.03. The smallest absolute Gasteiger partial charge is 0.232 e. The minimum atomic E-state index is -0.883. The van der Waals surface area contributed by atoms with E-state index in [-0.39, 0.29) is 17.5 Å². The fraction of sp³-hybridized carbons (Fsp3) is 0.375. The normalized spacial score (nSPS) is 29.1. The van der Waals surface area contributed by atoms with Crippen LogP contribution in [0.3, 0.4) is 0 Å². The molecular weight excluding hydrogens is 466 g/mol. The predicted octanol–water partition coefficient (Wildman–Crippen LogP) is 5.67. The topological polar surface area (TPSA) is 63.2 Å². The molecule has 0 aromatic heterocycles. The summed E-state index contributed by atoms with van der Waals surface area (Å²) in [6.45, 7) is 5.95. The van der Waals surface area contributed by atoms with Crippen LogP contribution in [0, 0.1) is 16.2 Å². The number of hydrogen-bond donors (Lipinski definition) is 1. The summed E-state index contributed by atoms with van der Waals surface area (Å²) in [6.07, 6.45) is 1.28. The van der Waals surface area contributed by atoms with Gasteiger partial charge in [-0.05, 0) is 36.5 Å². The van der Waals surface area contributed by atoms with Gasteiger partial charge in [-0.1, -0.05) is 78.6 Å². The van der Waals surface area contributed by atoms with Gasteiger partial charge in [0.2, 0.25) is 5.91 Å². The van der Waals surface area contributed by atoms with Crippen molar-refractivity contribution >= 4 is 50.7 Å². The van der Waals surface area contributed by atoms with Crippen LogP contribution >= 0.6 is 27.5 Å². The van der Waals surface area contributed by atoms with Crippen LogP contribution in [0.1, 0.15) is 49.5 Å². The second-order valence-electron chi connectivity index (χ2n) is 8.99. The van der Waals surface area contributed by atoms with Gasteiger partial charge in [0.25, 0.3) is 0 Å². The van der Waals surface area contributed by atoms with Crippen LogP contribution in [-0.4, -0.2) is 22.3 Å². The lowest BCUT2D eigenvalue weighted by Gasteiger charge is -2.39. The number of rotatable bonds is 4. The molecule has 3 atom stereocenters. The lowest BCUT2D eigenvalue weighted by atomic mass is 9.64. The van der Waals surface area contributed by atoms with Crippen molar-refractivity contribution in [1.82, 2.24) is 0 Å². The number of benzene rings is 2. The maximum absolute atomic E-state index is 13.7. The molecule has 1 N–H and O–H groups in total. The summed E-state index contributed by atoms with van der Waals surface area (Å²) in [7, 11) is 0. The Hall–Kier alpha value is -1.98. The molecule has 0 heterocycles. The van der Waals surface area contributed by atoms with E-state index in [9.17, 15) is 14.4 Å². The van der Waals surface area contributed by atoms with Crippen molar-refractivity contribution in [1.29, 1.82) is 0 Å². The molecule has 0 saturated heterocycles. The monoisotopic (exact) mass is 487 g/mol. The standard InChI is InChI=1S/C24H23BrClNO3/c1-22(2)23(3)11-12-24(22,19(25)20(23)29)21(30)27-17-10-9-15(26)13-16(17)18(28)14-7-5-4-6-8-14/h4-10,13,19H,11-12H2,1-3H3,(H,27,30)/t19-,23+,24+/m1/s1. The van der Waals surface area contributed by atoms with E-state index in [1.165, 1.54) is 0 Å². The molecule has 30 heavy (non-hydrogen) atoms. The first kappa shape index (κ1) is 21.3. The molecule has 2 bridgehead atoms. The third kappa shape index (κ3) is 2.68. The summed E-state index contributed by atoms with van der Waals surface area (Å²) in [6, 6.07) is 13.7. The van der Waals surface area contributed by atoms with Gasteiger partial charge in [0, 0.05) is 21.6 Å². The Labute approximate surface area is 189 Å². The minimum Gasteiger partial charge on any atom is -0.325 e. The fourth-order valence-electron chi connectivity index (χ4n) is 5.25. The first-order chi connectivity index (χ1) is 14.1. The van der Waals surface area contributed by atoms with E-state index < -0.39 is 21.1 Å². The van der Waals surface area contributed by atoms with Gasteiger partial charge in [-0.2, -0.15) is 0 Å². The molecule has 2 aromatic rings. The van der Waals surface area contributed by atoms with Crippen molar-refractivity contribution in [2.24, 2.45) is 16.2 Å². The van der Waals surface area contributed by atoms with Crippen molar-refractivity contribution in [3.05, 3.63) is 64.7 Å². The van der Waals surface area contributed by atoms with Gasteiger partial charge in [-0.15, -0.1) is 0 Å². The molecule has 2 aliphatic rings. The Kier molecular flexibility index (Phi) is 4.98. The Morgan fingerprint density at radius 1 is 1.07 bits per heavy atom. The number of alkyl halides is 1. The number of hydrogen-bond acceptors (Lipinski definition) is 3. The number of Topliss-reactive ketones (excluding diaryl/α,β-unsaturated/α-hetero) is 1. The molecular formula is C24H23BrClNO3. The summed E-state index contributed by atoms with van der Waals surface area (Å²) in [5, 5.41) is 3.38. The van der Waals surface area contributed by atoms with Gasteiger partial charge in [0.05, 0.1) is 15.9 Å². The van der Waals surface area contributed by atoms with Crippen LogP contribution in [0.4, 0.5) is 5.69 Å². The van der Waals surface area contributed by atoms with Crippen LogP contribution in [0.15, 0.2) is 48.5 Å². The van der Waals surface area contributed by atoms with Crippen LogP contribution < -0.4 is 5.32 Å². The first-order valence-electron chi connectivity index (χ1n) is 9.95. The summed E-state index contributed by atoms with van der Waals surface area (Å²) >= 11 is 9.70. The van der Waals surface area contributed by atoms with Crippen molar-refractivity contribution in [3.8, 4) is 0 Å². The highest BCUT2D eigenvalue weighted by molar-refractivity contribution is 9.10. The van der Waals surface area contributed by atoms with E-state index in [0.717, 1.165) is 0 Å². The zero-order valence-electron chi connectivity index (χ0n) is 17.1. The van der Waals surface area contributed by atoms with E-state index >= 15 is 0 Å². The molecule has 2 fully saturated rings. The van der Waals surface area contributed by atoms with E-state index in [1.54, 1.807) is 42.5 Å². The van der Waals surface area contributed by atoms with Crippen LogP contribution in [0.5, 0.6) is 0 Å². The molecule has 0 aliphatic heterocycles. The summed E-state index contributed by atoms with van der Waals surface area (Å²) in [5.74, 6) is -0.390. The van der Waals surface area contributed by atoms with E-state index in [1.807, 2.05) is 26.8 Å². The maximum Gasteiger partial charge on any atom is 0.232 e. The van der Waals surface area contributed by atoms with Crippen molar-refractivity contribution in [2.45, 2.75) is 38.4 Å². The third-order valence-electron chi connectivity index (χ3n) is 7.64. The number of ketones is 2. The number of fused-ring (bicyclic) bond motifs is 2. The van der Waals surface area contributed by atoms with E-state index in [0.29, 0.717) is 34.7 Å². The zero-order valence-corrected chi connectivity index (χ0v) is 19.4. The molecule has 2 aliphatic carbocycles. The van der Waals surface area contributed by atoms with Crippen molar-refractivity contribution < 1.29 is 14.4 Å². The van der Waals surface area contributed by atoms with Crippen LogP contribution in [0.2, 0.25) is 5.02 Å². The van der Waals surface area contributed by atoms with Crippen LogP contribution in [-0.2, 0) is 9.59 Å². The molecule has 156 valence electrons. The number of carbonyl (C=O) groups excluding carboxylic acids is 3. The fourth-order valence-corrected chi connectivity index (χ4v) is 6.93. The van der Waals surface area contributed by atoms with Gasteiger partial charge in [-0.25, -0.2) is 0 Å². The molecule has 0 unspecified atom stereocenters. The molecule has 4 rings (SSSR count). The van der Waals surface area contributed by atoms with Crippen LogP contribution in [0.25, 0.3) is 0 Å². The van der Waals surface area contributed by atoms with Gasteiger partial charge in [-0.3, -0.25) is 14.4 Å². The van der Waals surface area contributed by atoms with Gasteiger partial charge >= 0.3 is 0 Å². The highest BCUT2D eigenvalue weighted by atomic mass is 79.9. The third-order valence-corrected chi connectivity index (χ3v) is 9.07. The number of halogens is 2. The Morgan fingerprint density at radius 2 is 1.73 bits per heavy atom. The molecule has 2 aromatic carbocycles. The number of carbonyl (C=O) groups is 3.